The summed E-state index contributed by atoms with van der Waals surface area (Å²) in [5, 5.41) is 3.91. The number of nitrogens with zero attached hydrogens (tertiary/aromatic N) is 1. The molecule has 4 rings (SSSR count). The summed E-state index contributed by atoms with van der Waals surface area (Å²) in [7, 11) is 0. The fourth-order valence-electron chi connectivity index (χ4n) is 2.79. The number of halogens is 1. The number of rotatable bonds is 5. The second-order valence-corrected chi connectivity index (χ2v) is 6.57. The lowest BCUT2D eigenvalue weighted by Gasteiger charge is -2.24. The van der Waals surface area contributed by atoms with E-state index >= 15 is 0 Å². The fraction of sp³-hybridized carbons (Fsp3) is 0.0870. The van der Waals surface area contributed by atoms with Crippen LogP contribution in [0.5, 0.6) is 17.2 Å². The molecule has 0 spiro atoms. The molecular weight excluding hydrogens is 403 g/mol. The van der Waals surface area contributed by atoms with Crippen LogP contribution < -0.4 is 19.6 Å². The van der Waals surface area contributed by atoms with Crippen molar-refractivity contribution in [3.63, 3.8) is 0 Å². The van der Waals surface area contributed by atoms with E-state index in [2.05, 4.69) is 10.5 Å². The molecule has 3 aromatic rings. The highest BCUT2D eigenvalue weighted by atomic mass is 19.1. The minimum atomic E-state index is -0.809. The molecular formula is C23H17FN2O5. The summed E-state index contributed by atoms with van der Waals surface area (Å²) in [6, 6.07) is 18.8. The Balaban J connectivity index is 1.30. The highest BCUT2D eigenvalue weighted by molar-refractivity contribution is 5.91. The van der Waals surface area contributed by atoms with Crippen LogP contribution in [0.25, 0.3) is 0 Å². The summed E-state index contributed by atoms with van der Waals surface area (Å²) in [6.45, 7) is 0.0870. The molecule has 0 radical (unpaired) electrons. The number of carbonyl (C=O) groups excluding carboxylic acids is 2. The number of carbonyl (C=O) groups is 2. The van der Waals surface area contributed by atoms with E-state index in [0.717, 1.165) is 6.07 Å². The van der Waals surface area contributed by atoms with Crippen molar-refractivity contribution in [1.82, 2.24) is 5.43 Å². The van der Waals surface area contributed by atoms with Gasteiger partial charge in [-0.25, -0.2) is 14.6 Å². The number of fused-ring (bicyclic) bond motifs is 1. The Bertz CT molecular complexity index is 1130. The first-order valence-electron chi connectivity index (χ1n) is 9.38. The van der Waals surface area contributed by atoms with Crippen LogP contribution in [0.1, 0.15) is 15.9 Å². The number of benzene rings is 3. The summed E-state index contributed by atoms with van der Waals surface area (Å²) >= 11 is 0. The maximum absolute atomic E-state index is 13.2. The average molecular weight is 420 g/mol. The lowest BCUT2D eigenvalue weighted by molar-refractivity contribution is -0.130. The molecule has 31 heavy (non-hydrogen) atoms. The fourth-order valence-corrected chi connectivity index (χ4v) is 2.79. The SMILES string of the molecule is O=C(Oc1ccc(/C=N/NC(=O)C2COc3ccccc3O2)cc1)c1cccc(F)c1. The van der Waals surface area contributed by atoms with Crippen LogP contribution in [-0.2, 0) is 4.79 Å². The maximum Gasteiger partial charge on any atom is 0.343 e. The van der Waals surface area contributed by atoms with Gasteiger partial charge in [-0.1, -0.05) is 18.2 Å². The van der Waals surface area contributed by atoms with Crippen LogP contribution in [-0.4, -0.2) is 30.8 Å². The number of nitrogens with one attached hydrogen (secondary N) is 1. The van der Waals surface area contributed by atoms with Crippen LogP contribution in [0.4, 0.5) is 4.39 Å². The summed E-state index contributed by atoms with van der Waals surface area (Å²) in [5.74, 6) is -0.232. The molecule has 8 heteroatoms. The van der Waals surface area contributed by atoms with Gasteiger partial charge in [-0.05, 0) is 60.2 Å². The molecule has 1 unspecified atom stereocenters. The third-order valence-electron chi connectivity index (χ3n) is 4.34. The topological polar surface area (TPSA) is 86.2 Å². The first kappa shape index (κ1) is 20.1. The predicted molar refractivity (Wildman–Crippen MR) is 110 cm³/mol. The van der Waals surface area contributed by atoms with Crippen LogP contribution in [0, 0.1) is 5.82 Å². The second-order valence-electron chi connectivity index (χ2n) is 6.57. The molecule has 7 nitrogen and oxygen atoms in total. The van der Waals surface area contributed by atoms with Gasteiger partial charge in [-0.3, -0.25) is 4.79 Å². The third-order valence-corrected chi connectivity index (χ3v) is 4.34. The van der Waals surface area contributed by atoms with Gasteiger partial charge in [0.25, 0.3) is 5.91 Å². The van der Waals surface area contributed by atoms with Crippen molar-refractivity contribution in [1.29, 1.82) is 0 Å². The minimum Gasteiger partial charge on any atom is -0.485 e. The Labute approximate surface area is 177 Å². The van der Waals surface area contributed by atoms with E-state index < -0.39 is 23.8 Å². The van der Waals surface area contributed by atoms with Crippen LogP contribution in [0.15, 0.2) is 77.9 Å². The van der Waals surface area contributed by atoms with Gasteiger partial charge in [0.2, 0.25) is 6.10 Å². The quantitative estimate of drug-likeness (QED) is 0.296. The van der Waals surface area contributed by atoms with Crippen molar-refractivity contribution < 1.29 is 28.2 Å². The summed E-state index contributed by atoms with van der Waals surface area (Å²) in [6.07, 6.45) is 0.630. The second kappa shape index (κ2) is 9.08. The van der Waals surface area contributed by atoms with E-state index in [4.69, 9.17) is 14.2 Å². The highest BCUT2D eigenvalue weighted by Gasteiger charge is 2.26. The van der Waals surface area contributed by atoms with Crippen molar-refractivity contribution >= 4 is 18.1 Å². The number of esters is 1. The van der Waals surface area contributed by atoms with E-state index in [1.807, 2.05) is 6.07 Å². The average Bonchev–Trinajstić information content (AvgIpc) is 2.80. The molecule has 1 heterocycles. The van der Waals surface area contributed by atoms with Crippen LogP contribution in [0.2, 0.25) is 0 Å². The van der Waals surface area contributed by atoms with E-state index in [1.54, 1.807) is 42.5 Å². The number of ether oxygens (including phenoxy) is 3. The Morgan fingerprint density at radius 1 is 1.03 bits per heavy atom. The number of amides is 1. The molecule has 0 fully saturated rings. The van der Waals surface area contributed by atoms with E-state index in [9.17, 15) is 14.0 Å². The Kier molecular flexibility index (Phi) is 5.89. The van der Waals surface area contributed by atoms with Gasteiger partial charge in [0.15, 0.2) is 11.5 Å². The third kappa shape index (κ3) is 5.05. The summed E-state index contributed by atoms with van der Waals surface area (Å²) in [5.41, 5.74) is 3.19. The lowest BCUT2D eigenvalue weighted by Crippen LogP contribution is -2.42. The molecule has 1 aliphatic heterocycles. The molecule has 0 saturated heterocycles. The molecule has 0 saturated carbocycles. The zero-order valence-electron chi connectivity index (χ0n) is 16.2. The molecule has 0 aromatic heterocycles. The largest absolute Gasteiger partial charge is 0.485 e. The first-order valence-corrected chi connectivity index (χ1v) is 9.38. The van der Waals surface area contributed by atoms with Gasteiger partial charge in [0.1, 0.15) is 18.2 Å². The van der Waals surface area contributed by atoms with Gasteiger partial charge < -0.3 is 14.2 Å². The number of para-hydroxylation sites is 2. The van der Waals surface area contributed by atoms with Crippen molar-refractivity contribution in [2.24, 2.45) is 5.10 Å². The Hall–Kier alpha value is -4.20. The molecule has 1 aliphatic rings. The molecule has 0 aliphatic carbocycles. The molecule has 3 aromatic carbocycles. The first-order chi connectivity index (χ1) is 15.1. The standard InChI is InChI=1S/C23H17FN2O5/c24-17-5-3-4-16(12-17)23(28)30-18-10-8-15(9-11-18)13-25-26-22(27)21-14-29-19-6-1-2-7-20(19)31-21/h1-13,21H,14H2,(H,26,27)/b25-13+. The van der Waals surface area contributed by atoms with Crippen molar-refractivity contribution in [2.75, 3.05) is 6.61 Å². The molecule has 1 atom stereocenters. The molecule has 0 bridgehead atoms. The molecule has 1 N–H and O–H groups in total. The Morgan fingerprint density at radius 3 is 2.58 bits per heavy atom. The number of hydrogen-bond donors (Lipinski definition) is 1. The van der Waals surface area contributed by atoms with Crippen molar-refractivity contribution in [3.05, 3.63) is 89.7 Å². The van der Waals surface area contributed by atoms with Gasteiger partial charge in [-0.15, -0.1) is 0 Å². The van der Waals surface area contributed by atoms with Crippen LogP contribution in [0.3, 0.4) is 0 Å². The smallest absolute Gasteiger partial charge is 0.343 e. The van der Waals surface area contributed by atoms with Crippen LogP contribution >= 0.6 is 0 Å². The molecule has 1 amide bonds. The zero-order chi connectivity index (χ0) is 21.6. The normalized spacial score (nSPS) is 14.8. The maximum atomic E-state index is 13.2. The minimum absolute atomic E-state index is 0.0870. The predicted octanol–water partition coefficient (Wildman–Crippen LogP) is 3.34. The van der Waals surface area contributed by atoms with Gasteiger partial charge in [-0.2, -0.15) is 5.10 Å². The summed E-state index contributed by atoms with van der Waals surface area (Å²) < 4.78 is 29.5. The van der Waals surface area contributed by atoms with E-state index in [-0.39, 0.29) is 12.2 Å². The monoisotopic (exact) mass is 420 g/mol. The van der Waals surface area contributed by atoms with E-state index in [1.165, 1.54) is 24.4 Å². The van der Waals surface area contributed by atoms with Gasteiger partial charge in [0.05, 0.1) is 11.8 Å². The number of hydrazone groups is 1. The van der Waals surface area contributed by atoms with Crippen molar-refractivity contribution in [2.45, 2.75) is 6.10 Å². The number of hydrogen-bond acceptors (Lipinski definition) is 6. The Morgan fingerprint density at radius 2 is 1.81 bits per heavy atom. The molecule has 156 valence electrons. The van der Waals surface area contributed by atoms with Gasteiger partial charge in [0, 0.05) is 0 Å². The van der Waals surface area contributed by atoms with Gasteiger partial charge >= 0.3 is 5.97 Å². The zero-order valence-corrected chi connectivity index (χ0v) is 16.2. The van der Waals surface area contributed by atoms with E-state index in [0.29, 0.717) is 22.8 Å². The van der Waals surface area contributed by atoms with Crippen molar-refractivity contribution in [3.8, 4) is 17.2 Å². The summed E-state index contributed by atoms with van der Waals surface area (Å²) in [4.78, 5) is 24.3. The highest BCUT2D eigenvalue weighted by Crippen LogP contribution is 2.30. The lowest BCUT2D eigenvalue weighted by atomic mass is 10.2.